The third-order valence-corrected chi connectivity index (χ3v) is 4.98. The highest BCUT2D eigenvalue weighted by Gasteiger charge is 2.18. The molecule has 3 rings (SSSR count). The van der Waals surface area contributed by atoms with Crippen molar-refractivity contribution in [2.75, 3.05) is 11.9 Å². The predicted molar refractivity (Wildman–Crippen MR) is 123 cm³/mol. The van der Waals surface area contributed by atoms with Gasteiger partial charge in [0.15, 0.2) is 0 Å². The van der Waals surface area contributed by atoms with Gasteiger partial charge in [-0.05, 0) is 57.5 Å². The van der Waals surface area contributed by atoms with Crippen LogP contribution in [0, 0.1) is 0 Å². The van der Waals surface area contributed by atoms with Crippen molar-refractivity contribution < 1.29 is 9.90 Å². The summed E-state index contributed by atoms with van der Waals surface area (Å²) in [5.41, 5.74) is 6.36. The first-order valence-corrected chi connectivity index (χ1v) is 10.3. The summed E-state index contributed by atoms with van der Waals surface area (Å²) in [6, 6.07) is 11.0. The number of carbonyl (C=O) groups excluding carboxylic acids is 1. The van der Waals surface area contributed by atoms with Crippen molar-refractivity contribution >= 4 is 34.2 Å². The van der Waals surface area contributed by atoms with Crippen LogP contribution >= 0.6 is 11.6 Å². The van der Waals surface area contributed by atoms with Crippen LogP contribution in [0.1, 0.15) is 39.1 Å². The fourth-order valence-electron chi connectivity index (χ4n) is 3.14. The fraction of sp³-hybridized carbons (Fsp3) is 0.318. The Labute approximate surface area is 185 Å². The van der Waals surface area contributed by atoms with E-state index < -0.39 is 17.7 Å². The summed E-state index contributed by atoms with van der Waals surface area (Å²) >= 11 is 6.27. The van der Waals surface area contributed by atoms with Crippen LogP contribution in [0.15, 0.2) is 47.3 Å². The molecule has 0 radical (unpaired) electrons. The summed E-state index contributed by atoms with van der Waals surface area (Å²) in [5, 5.41) is 15.8. The molecule has 8 nitrogen and oxygen atoms in total. The van der Waals surface area contributed by atoms with Crippen LogP contribution in [-0.2, 0) is 0 Å². The van der Waals surface area contributed by atoms with Gasteiger partial charge in [-0.15, -0.1) is 0 Å². The van der Waals surface area contributed by atoms with Crippen LogP contribution in [0.25, 0.3) is 16.6 Å². The second kappa shape index (κ2) is 9.05. The van der Waals surface area contributed by atoms with E-state index in [-0.39, 0.29) is 5.56 Å². The van der Waals surface area contributed by atoms with Crippen LogP contribution in [0.3, 0.4) is 0 Å². The summed E-state index contributed by atoms with van der Waals surface area (Å²) in [5.74, 6) is 0.381. The Morgan fingerprint density at radius 1 is 1.29 bits per heavy atom. The Morgan fingerprint density at radius 2 is 2.00 bits per heavy atom. The highest BCUT2D eigenvalue weighted by Crippen LogP contribution is 2.23. The molecule has 0 aliphatic carbocycles. The van der Waals surface area contributed by atoms with Gasteiger partial charge in [0.05, 0.1) is 33.3 Å². The predicted octanol–water partition coefficient (Wildman–Crippen LogP) is 3.34. The smallest absolute Gasteiger partial charge is 0.319 e. The van der Waals surface area contributed by atoms with Crippen LogP contribution in [0.2, 0.25) is 5.02 Å². The van der Waals surface area contributed by atoms with E-state index in [1.54, 1.807) is 63.2 Å². The summed E-state index contributed by atoms with van der Waals surface area (Å²) in [7, 11) is 0. The van der Waals surface area contributed by atoms with Gasteiger partial charge in [0.1, 0.15) is 5.82 Å². The molecular weight excluding hydrogens is 418 g/mol. The van der Waals surface area contributed by atoms with E-state index in [9.17, 15) is 14.7 Å². The first kappa shape index (κ1) is 22.7. The number of anilines is 1. The van der Waals surface area contributed by atoms with Gasteiger partial charge in [-0.3, -0.25) is 9.36 Å². The zero-order valence-corrected chi connectivity index (χ0v) is 18.4. The van der Waals surface area contributed by atoms with E-state index in [1.165, 1.54) is 4.57 Å². The number of aliphatic hydroxyl groups is 1. The molecule has 1 heterocycles. The number of hydrogen-bond donors (Lipinski definition) is 4. The molecule has 0 saturated heterocycles. The minimum atomic E-state index is -0.867. The lowest BCUT2D eigenvalue weighted by Crippen LogP contribution is -2.33. The Hall–Kier alpha value is -2.94. The fourth-order valence-corrected chi connectivity index (χ4v) is 3.39. The first-order valence-electron chi connectivity index (χ1n) is 9.91. The van der Waals surface area contributed by atoms with E-state index >= 15 is 0 Å². The zero-order valence-electron chi connectivity index (χ0n) is 17.6. The minimum Gasteiger partial charge on any atom is -0.390 e. The van der Waals surface area contributed by atoms with E-state index in [1.807, 2.05) is 0 Å². The number of hydrogen-bond acceptors (Lipinski definition) is 5. The third kappa shape index (κ3) is 5.41. The number of fused-ring (bicyclic) bond motifs is 1. The van der Waals surface area contributed by atoms with Crippen molar-refractivity contribution in [3.05, 3.63) is 63.7 Å². The third-order valence-electron chi connectivity index (χ3n) is 4.66. The molecule has 31 heavy (non-hydrogen) atoms. The van der Waals surface area contributed by atoms with Crippen LogP contribution in [0.4, 0.5) is 10.5 Å². The van der Waals surface area contributed by atoms with Gasteiger partial charge in [-0.25, -0.2) is 9.78 Å². The quantitative estimate of drug-likeness (QED) is 0.465. The van der Waals surface area contributed by atoms with E-state index in [0.29, 0.717) is 46.1 Å². The number of amides is 2. The standard InChI is InChI=1S/C22H26ClN5O3/c1-13(24)19-27-17-9-5-8-16(23)18(17)20(29)28(19)15-7-4-6-14(12-15)26-21(30)25-11-10-22(2,3)31/h4-9,12-13,31H,10-11,24H2,1-3H3,(H2,25,26,30). The molecule has 9 heteroatoms. The van der Waals surface area contributed by atoms with Gasteiger partial charge in [0.2, 0.25) is 0 Å². The summed E-state index contributed by atoms with van der Waals surface area (Å²) in [6.45, 7) is 5.41. The van der Waals surface area contributed by atoms with Crippen molar-refractivity contribution in [1.29, 1.82) is 0 Å². The second-order valence-electron chi connectivity index (χ2n) is 8.03. The topological polar surface area (TPSA) is 122 Å². The minimum absolute atomic E-state index is 0.302. The molecule has 0 spiro atoms. The van der Waals surface area contributed by atoms with Gasteiger partial charge in [-0.2, -0.15) is 0 Å². The van der Waals surface area contributed by atoms with E-state index in [0.717, 1.165) is 0 Å². The van der Waals surface area contributed by atoms with Crippen molar-refractivity contribution in [2.24, 2.45) is 5.73 Å². The number of nitrogens with one attached hydrogen (secondary N) is 2. The Kier molecular flexibility index (Phi) is 6.64. The molecule has 1 aromatic heterocycles. The molecule has 2 aromatic carbocycles. The van der Waals surface area contributed by atoms with Crippen molar-refractivity contribution in [1.82, 2.24) is 14.9 Å². The number of carbonyl (C=O) groups is 1. The first-order chi connectivity index (χ1) is 14.6. The highest BCUT2D eigenvalue weighted by atomic mass is 35.5. The van der Waals surface area contributed by atoms with Gasteiger partial charge >= 0.3 is 6.03 Å². The molecule has 0 bridgehead atoms. The number of aromatic nitrogens is 2. The summed E-state index contributed by atoms with van der Waals surface area (Å²) in [6.07, 6.45) is 0.414. The van der Waals surface area contributed by atoms with Crippen LogP contribution in [-0.4, -0.2) is 32.8 Å². The second-order valence-corrected chi connectivity index (χ2v) is 8.43. The molecule has 0 aliphatic heterocycles. The van der Waals surface area contributed by atoms with Crippen LogP contribution < -0.4 is 21.9 Å². The van der Waals surface area contributed by atoms with Crippen molar-refractivity contribution in [2.45, 2.75) is 38.8 Å². The van der Waals surface area contributed by atoms with Gasteiger partial charge < -0.3 is 21.5 Å². The normalized spacial score (nSPS) is 12.6. The molecule has 0 saturated carbocycles. The number of rotatable bonds is 6. The molecule has 1 atom stereocenters. The average Bonchev–Trinajstić information content (AvgIpc) is 2.66. The van der Waals surface area contributed by atoms with Crippen molar-refractivity contribution in [3.8, 4) is 5.69 Å². The monoisotopic (exact) mass is 443 g/mol. The molecule has 0 fully saturated rings. The van der Waals surface area contributed by atoms with Gasteiger partial charge in [0, 0.05) is 12.2 Å². The summed E-state index contributed by atoms with van der Waals surface area (Å²) in [4.78, 5) is 30.0. The maximum atomic E-state index is 13.3. The molecule has 3 aromatic rings. The largest absolute Gasteiger partial charge is 0.390 e. The Bertz CT molecular complexity index is 1170. The highest BCUT2D eigenvalue weighted by molar-refractivity contribution is 6.35. The number of urea groups is 1. The Balaban J connectivity index is 1.96. The molecule has 5 N–H and O–H groups in total. The SMILES string of the molecule is CC(N)c1nc2cccc(Cl)c2c(=O)n1-c1cccc(NC(=O)NCCC(C)(C)O)c1. The summed E-state index contributed by atoms with van der Waals surface area (Å²) < 4.78 is 1.41. The number of halogens is 1. The van der Waals surface area contributed by atoms with Gasteiger partial charge in [-0.1, -0.05) is 23.7 Å². The Morgan fingerprint density at radius 3 is 2.68 bits per heavy atom. The lowest BCUT2D eigenvalue weighted by Gasteiger charge is -2.18. The number of nitrogens with zero attached hydrogens (tertiary/aromatic N) is 2. The maximum Gasteiger partial charge on any atom is 0.319 e. The molecule has 2 amide bonds. The number of nitrogens with two attached hydrogens (primary N) is 1. The maximum absolute atomic E-state index is 13.3. The van der Waals surface area contributed by atoms with Crippen molar-refractivity contribution in [3.63, 3.8) is 0 Å². The lowest BCUT2D eigenvalue weighted by molar-refractivity contribution is 0.0721. The van der Waals surface area contributed by atoms with E-state index in [2.05, 4.69) is 15.6 Å². The molecular formula is C22H26ClN5O3. The van der Waals surface area contributed by atoms with Gasteiger partial charge in [0.25, 0.3) is 5.56 Å². The lowest BCUT2D eigenvalue weighted by atomic mass is 10.1. The zero-order chi connectivity index (χ0) is 22.8. The van der Waals surface area contributed by atoms with E-state index in [4.69, 9.17) is 17.3 Å². The average molecular weight is 444 g/mol. The molecule has 1 unspecified atom stereocenters. The van der Waals surface area contributed by atoms with Crippen LogP contribution in [0.5, 0.6) is 0 Å². The molecule has 164 valence electrons. The molecule has 0 aliphatic rings. The number of benzene rings is 2.